The molecule has 150 valence electrons. The summed E-state index contributed by atoms with van der Waals surface area (Å²) in [7, 11) is -4.39. The maximum atomic E-state index is 13.9. The highest BCUT2D eigenvalue weighted by Crippen LogP contribution is 2.26. The monoisotopic (exact) mass is 452 g/mol. The Hall–Kier alpha value is -1.81. The van der Waals surface area contributed by atoms with Crippen molar-refractivity contribution in [2.24, 2.45) is 0 Å². The molecule has 0 bridgehead atoms. The van der Waals surface area contributed by atoms with E-state index in [0.29, 0.717) is 17.2 Å². The minimum Gasteiger partial charge on any atom is -0.336 e. The van der Waals surface area contributed by atoms with Crippen molar-refractivity contribution in [3.63, 3.8) is 0 Å². The molecule has 0 saturated carbocycles. The van der Waals surface area contributed by atoms with Gasteiger partial charge in [-0.15, -0.1) is 0 Å². The average Bonchev–Trinajstić information content (AvgIpc) is 2.65. The first-order valence-electron chi connectivity index (χ1n) is 8.01. The first kappa shape index (κ1) is 20.9. The number of nitrogens with zero attached hydrogens (tertiary/aromatic N) is 2. The predicted molar refractivity (Wildman–Crippen MR) is 97.4 cm³/mol. The third-order valence-electron chi connectivity index (χ3n) is 4.30. The summed E-state index contributed by atoms with van der Waals surface area (Å²) in [6.07, 6.45) is 0. The number of hydrogen-bond acceptors (Lipinski definition) is 3. The molecule has 1 heterocycles. The Morgan fingerprint density at radius 1 is 0.929 bits per heavy atom. The largest absolute Gasteiger partial charge is 0.336 e. The van der Waals surface area contributed by atoms with E-state index in [4.69, 9.17) is 23.2 Å². The lowest BCUT2D eigenvalue weighted by atomic mass is 10.2. The Kier molecular flexibility index (Phi) is 5.90. The minimum absolute atomic E-state index is 0.0162. The highest BCUT2D eigenvalue weighted by atomic mass is 35.5. The van der Waals surface area contributed by atoms with Crippen LogP contribution in [0.1, 0.15) is 10.4 Å². The van der Waals surface area contributed by atoms with Gasteiger partial charge in [0.15, 0.2) is 17.5 Å². The van der Waals surface area contributed by atoms with Crippen LogP contribution in [0.5, 0.6) is 0 Å². The molecule has 1 aliphatic rings. The number of hydrogen-bond donors (Lipinski definition) is 0. The van der Waals surface area contributed by atoms with Crippen LogP contribution in [-0.4, -0.2) is 49.7 Å². The fourth-order valence-electron chi connectivity index (χ4n) is 2.81. The molecule has 0 spiro atoms. The van der Waals surface area contributed by atoms with Crippen LogP contribution in [0.4, 0.5) is 13.2 Å². The molecule has 0 N–H and O–H groups in total. The molecule has 28 heavy (non-hydrogen) atoms. The quantitative estimate of drug-likeness (QED) is 0.669. The van der Waals surface area contributed by atoms with Gasteiger partial charge in [-0.05, 0) is 30.3 Å². The van der Waals surface area contributed by atoms with Gasteiger partial charge in [0, 0.05) is 31.2 Å². The summed E-state index contributed by atoms with van der Waals surface area (Å²) < 4.78 is 66.4. The summed E-state index contributed by atoms with van der Waals surface area (Å²) in [6, 6.07) is 5.62. The third-order valence-corrected chi connectivity index (χ3v) is 6.77. The van der Waals surface area contributed by atoms with Crippen molar-refractivity contribution in [1.82, 2.24) is 9.21 Å². The maximum absolute atomic E-state index is 13.9. The Morgan fingerprint density at radius 2 is 1.57 bits per heavy atom. The standard InChI is InChI=1S/C17H13Cl2F3N2O3S/c18-10-1-2-11(12(19)9-10)17(25)23-5-7-24(8-6-23)28(26,27)14-4-3-13(20)15(21)16(14)22/h1-4,9H,5-8H2. The Labute approximate surface area is 169 Å². The summed E-state index contributed by atoms with van der Waals surface area (Å²) in [4.78, 5) is 13.0. The molecule has 3 rings (SSSR count). The van der Waals surface area contributed by atoms with Crippen LogP contribution in [0, 0.1) is 17.5 Å². The molecule has 0 aliphatic carbocycles. The van der Waals surface area contributed by atoms with Crippen LogP contribution >= 0.6 is 23.2 Å². The van der Waals surface area contributed by atoms with Crippen LogP contribution in [-0.2, 0) is 10.0 Å². The summed E-state index contributed by atoms with van der Waals surface area (Å²) in [5, 5.41) is 0.530. The molecule has 1 saturated heterocycles. The first-order chi connectivity index (χ1) is 13.1. The van der Waals surface area contributed by atoms with Crippen molar-refractivity contribution < 1.29 is 26.4 Å². The molecule has 0 aromatic heterocycles. The van der Waals surface area contributed by atoms with Gasteiger partial charge in [-0.1, -0.05) is 23.2 Å². The third kappa shape index (κ3) is 3.84. The molecular weight excluding hydrogens is 440 g/mol. The Balaban J connectivity index is 1.76. The average molecular weight is 453 g/mol. The molecular formula is C17H13Cl2F3N2O3S. The summed E-state index contributed by atoms with van der Waals surface area (Å²) >= 11 is 11.8. The lowest BCUT2D eigenvalue weighted by Gasteiger charge is -2.34. The second-order valence-electron chi connectivity index (χ2n) is 5.99. The number of benzene rings is 2. The number of amides is 1. The zero-order valence-corrected chi connectivity index (χ0v) is 16.5. The van der Waals surface area contributed by atoms with E-state index in [1.165, 1.54) is 23.1 Å². The molecule has 0 unspecified atom stereocenters. The summed E-state index contributed by atoms with van der Waals surface area (Å²) in [5.74, 6) is -5.51. The first-order valence-corrected chi connectivity index (χ1v) is 10.2. The highest BCUT2D eigenvalue weighted by molar-refractivity contribution is 7.89. The van der Waals surface area contributed by atoms with Gasteiger partial charge in [0.25, 0.3) is 5.91 Å². The van der Waals surface area contributed by atoms with E-state index in [2.05, 4.69) is 0 Å². The van der Waals surface area contributed by atoms with Crippen LogP contribution in [0.25, 0.3) is 0 Å². The SMILES string of the molecule is O=C(c1ccc(Cl)cc1Cl)N1CCN(S(=O)(=O)c2ccc(F)c(F)c2F)CC1. The van der Waals surface area contributed by atoms with E-state index in [9.17, 15) is 26.4 Å². The van der Waals surface area contributed by atoms with Crippen molar-refractivity contribution in [3.8, 4) is 0 Å². The zero-order valence-electron chi connectivity index (χ0n) is 14.1. The van der Waals surface area contributed by atoms with E-state index in [0.717, 1.165) is 4.31 Å². The van der Waals surface area contributed by atoms with Crippen molar-refractivity contribution in [2.45, 2.75) is 4.90 Å². The molecule has 11 heteroatoms. The Bertz CT molecular complexity index is 1040. The smallest absolute Gasteiger partial charge is 0.255 e. The number of halogens is 5. The molecule has 2 aromatic rings. The van der Waals surface area contributed by atoms with Crippen LogP contribution in [0.15, 0.2) is 35.2 Å². The van der Waals surface area contributed by atoms with Crippen LogP contribution < -0.4 is 0 Å². The number of rotatable bonds is 3. The zero-order chi connectivity index (χ0) is 20.6. The lowest BCUT2D eigenvalue weighted by Crippen LogP contribution is -2.50. The van der Waals surface area contributed by atoms with Gasteiger partial charge in [-0.3, -0.25) is 4.79 Å². The van der Waals surface area contributed by atoms with Gasteiger partial charge in [-0.25, -0.2) is 21.6 Å². The second-order valence-corrected chi connectivity index (χ2v) is 8.74. The van der Waals surface area contributed by atoms with Gasteiger partial charge in [0.1, 0.15) is 4.90 Å². The normalized spacial score (nSPS) is 15.7. The fourth-order valence-corrected chi connectivity index (χ4v) is 4.78. The topological polar surface area (TPSA) is 57.7 Å². The molecule has 1 amide bonds. The van der Waals surface area contributed by atoms with E-state index in [1.54, 1.807) is 0 Å². The van der Waals surface area contributed by atoms with Gasteiger partial charge < -0.3 is 4.90 Å². The fraction of sp³-hybridized carbons (Fsp3) is 0.235. The van der Waals surface area contributed by atoms with E-state index in [-0.39, 0.29) is 36.8 Å². The highest BCUT2D eigenvalue weighted by Gasteiger charge is 2.34. The van der Waals surface area contributed by atoms with Crippen molar-refractivity contribution >= 4 is 39.1 Å². The van der Waals surface area contributed by atoms with E-state index in [1.807, 2.05) is 0 Å². The predicted octanol–water partition coefficient (Wildman–Crippen LogP) is 3.56. The Morgan fingerprint density at radius 3 is 2.18 bits per heavy atom. The van der Waals surface area contributed by atoms with Gasteiger partial charge in [0.2, 0.25) is 10.0 Å². The van der Waals surface area contributed by atoms with Crippen LogP contribution in [0.3, 0.4) is 0 Å². The lowest BCUT2D eigenvalue weighted by molar-refractivity contribution is 0.0698. The molecule has 2 aromatic carbocycles. The number of sulfonamides is 1. The molecule has 1 fully saturated rings. The van der Waals surface area contributed by atoms with E-state index >= 15 is 0 Å². The minimum atomic E-state index is -4.39. The van der Waals surface area contributed by atoms with Gasteiger partial charge in [-0.2, -0.15) is 4.31 Å². The molecule has 1 aliphatic heterocycles. The number of carbonyl (C=O) groups excluding carboxylic acids is 1. The number of carbonyl (C=O) groups is 1. The van der Waals surface area contributed by atoms with Gasteiger partial charge >= 0.3 is 0 Å². The molecule has 0 atom stereocenters. The molecule has 0 radical (unpaired) electrons. The van der Waals surface area contributed by atoms with Gasteiger partial charge in [0.05, 0.1) is 10.6 Å². The summed E-state index contributed by atoms with van der Waals surface area (Å²) in [5.41, 5.74) is 0.217. The van der Waals surface area contributed by atoms with Crippen LogP contribution in [0.2, 0.25) is 10.0 Å². The summed E-state index contributed by atoms with van der Waals surface area (Å²) in [6.45, 7) is -0.250. The number of piperazine rings is 1. The van der Waals surface area contributed by atoms with Crippen molar-refractivity contribution in [3.05, 3.63) is 63.4 Å². The second kappa shape index (κ2) is 7.90. The van der Waals surface area contributed by atoms with E-state index < -0.39 is 38.3 Å². The van der Waals surface area contributed by atoms with Crippen molar-refractivity contribution in [2.75, 3.05) is 26.2 Å². The maximum Gasteiger partial charge on any atom is 0.255 e. The van der Waals surface area contributed by atoms with Crippen molar-refractivity contribution in [1.29, 1.82) is 0 Å². The molecule has 5 nitrogen and oxygen atoms in total.